The molecule has 0 aliphatic carbocycles. The Kier molecular flexibility index (Phi) is 5.28. The Bertz CT molecular complexity index is 274. The summed E-state index contributed by atoms with van der Waals surface area (Å²) >= 11 is 0. The number of aryl methyl sites for hydroxylation is 1. The quantitative estimate of drug-likeness (QED) is 0.713. The van der Waals surface area contributed by atoms with E-state index in [0.717, 1.165) is 25.2 Å². The Morgan fingerprint density at radius 1 is 1.60 bits per heavy atom. The summed E-state index contributed by atoms with van der Waals surface area (Å²) in [5.41, 5.74) is 0. The van der Waals surface area contributed by atoms with Gasteiger partial charge in [-0.15, -0.1) is 0 Å². The van der Waals surface area contributed by atoms with Gasteiger partial charge in [0.15, 0.2) is 0 Å². The van der Waals surface area contributed by atoms with Crippen LogP contribution in [0.25, 0.3) is 0 Å². The molecule has 0 aliphatic rings. The van der Waals surface area contributed by atoms with E-state index in [1.54, 1.807) is 13.4 Å². The topological polar surface area (TPSA) is 52.0 Å². The van der Waals surface area contributed by atoms with E-state index < -0.39 is 0 Å². The van der Waals surface area contributed by atoms with Crippen molar-refractivity contribution in [2.24, 2.45) is 0 Å². The minimum atomic E-state index is 0.301. The van der Waals surface area contributed by atoms with Gasteiger partial charge in [-0.1, -0.05) is 6.92 Å². The standard InChI is InChI=1S/C10H20N4O/c1-4-5-14-10(12-8-13-14)6-9(11-2)7-15-3/h8-9,11H,4-7H2,1-3H3. The number of nitrogens with one attached hydrogen (secondary N) is 1. The molecule has 0 saturated heterocycles. The third-order valence-electron chi connectivity index (χ3n) is 2.34. The number of ether oxygens (including phenoxy) is 1. The van der Waals surface area contributed by atoms with Gasteiger partial charge in [-0.05, 0) is 13.5 Å². The van der Waals surface area contributed by atoms with Gasteiger partial charge in [-0.25, -0.2) is 4.98 Å². The summed E-state index contributed by atoms with van der Waals surface area (Å²) in [6, 6.07) is 0.301. The summed E-state index contributed by atoms with van der Waals surface area (Å²) in [7, 11) is 3.64. The first-order chi connectivity index (χ1) is 7.31. The van der Waals surface area contributed by atoms with Crippen LogP contribution in [0.4, 0.5) is 0 Å². The van der Waals surface area contributed by atoms with E-state index in [9.17, 15) is 0 Å². The lowest BCUT2D eigenvalue weighted by atomic mass is 10.2. The second-order valence-electron chi connectivity index (χ2n) is 3.54. The number of rotatable bonds is 7. The Morgan fingerprint density at radius 2 is 2.40 bits per heavy atom. The molecule has 0 aliphatic heterocycles. The van der Waals surface area contributed by atoms with Crippen LogP contribution in [0.15, 0.2) is 6.33 Å². The Balaban J connectivity index is 2.57. The minimum Gasteiger partial charge on any atom is -0.383 e. The SMILES string of the molecule is CCCn1ncnc1CC(COC)NC. The first-order valence-corrected chi connectivity index (χ1v) is 5.34. The van der Waals surface area contributed by atoms with Crippen LogP contribution in [0.1, 0.15) is 19.2 Å². The summed E-state index contributed by atoms with van der Waals surface area (Å²) in [6.07, 6.45) is 3.54. The van der Waals surface area contributed by atoms with Crippen molar-refractivity contribution < 1.29 is 4.74 Å². The summed E-state index contributed by atoms with van der Waals surface area (Å²) in [5.74, 6) is 1.02. The molecule has 0 amide bonds. The normalized spacial score (nSPS) is 13.0. The highest BCUT2D eigenvalue weighted by Crippen LogP contribution is 2.01. The molecule has 1 unspecified atom stereocenters. The molecule has 5 nitrogen and oxygen atoms in total. The highest BCUT2D eigenvalue weighted by atomic mass is 16.5. The summed E-state index contributed by atoms with van der Waals surface area (Å²) in [6.45, 7) is 3.75. The van der Waals surface area contributed by atoms with Gasteiger partial charge < -0.3 is 10.1 Å². The largest absolute Gasteiger partial charge is 0.383 e. The predicted molar refractivity (Wildman–Crippen MR) is 58.7 cm³/mol. The van der Waals surface area contributed by atoms with Crippen molar-refractivity contribution >= 4 is 0 Å². The zero-order valence-electron chi connectivity index (χ0n) is 9.73. The van der Waals surface area contributed by atoms with Gasteiger partial charge in [0.05, 0.1) is 6.61 Å². The molecule has 0 aromatic carbocycles. The van der Waals surface area contributed by atoms with Crippen molar-refractivity contribution in [2.45, 2.75) is 32.4 Å². The average Bonchev–Trinajstić information content (AvgIpc) is 2.66. The number of aromatic nitrogens is 3. The van der Waals surface area contributed by atoms with Crippen molar-refractivity contribution in [2.75, 3.05) is 20.8 Å². The van der Waals surface area contributed by atoms with Crippen molar-refractivity contribution in [3.63, 3.8) is 0 Å². The van der Waals surface area contributed by atoms with E-state index in [0.29, 0.717) is 12.6 Å². The molecule has 1 N–H and O–H groups in total. The lowest BCUT2D eigenvalue weighted by Crippen LogP contribution is -2.33. The molecular formula is C10H20N4O. The van der Waals surface area contributed by atoms with Crippen LogP contribution >= 0.6 is 0 Å². The van der Waals surface area contributed by atoms with Gasteiger partial charge in [0.25, 0.3) is 0 Å². The number of likely N-dealkylation sites (N-methyl/N-ethyl adjacent to an activating group) is 1. The van der Waals surface area contributed by atoms with E-state index in [2.05, 4.69) is 22.3 Å². The fourth-order valence-corrected chi connectivity index (χ4v) is 1.51. The van der Waals surface area contributed by atoms with E-state index in [-0.39, 0.29) is 0 Å². The molecule has 0 radical (unpaired) electrons. The van der Waals surface area contributed by atoms with Gasteiger partial charge in [0.1, 0.15) is 12.2 Å². The summed E-state index contributed by atoms with van der Waals surface area (Å²) < 4.78 is 7.08. The number of methoxy groups -OCH3 is 1. The van der Waals surface area contributed by atoms with Crippen molar-refractivity contribution in [3.05, 3.63) is 12.2 Å². The zero-order valence-corrected chi connectivity index (χ0v) is 9.73. The van der Waals surface area contributed by atoms with E-state index in [1.807, 2.05) is 11.7 Å². The highest BCUT2D eigenvalue weighted by molar-refractivity contribution is 4.89. The molecule has 1 heterocycles. The van der Waals surface area contributed by atoms with Gasteiger partial charge in [0.2, 0.25) is 0 Å². The van der Waals surface area contributed by atoms with E-state index in [4.69, 9.17) is 4.74 Å². The smallest absolute Gasteiger partial charge is 0.138 e. The molecule has 1 aromatic rings. The molecule has 0 fully saturated rings. The first kappa shape index (κ1) is 12.1. The molecule has 1 aromatic heterocycles. The van der Waals surface area contributed by atoms with Crippen molar-refractivity contribution in [3.8, 4) is 0 Å². The fraction of sp³-hybridized carbons (Fsp3) is 0.800. The molecule has 86 valence electrons. The van der Waals surface area contributed by atoms with Crippen LogP contribution in [-0.2, 0) is 17.7 Å². The van der Waals surface area contributed by atoms with Crippen LogP contribution in [0.3, 0.4) is 0 Å². The maximum Gasteiger partial charge on any atom is 0.138 e. The van der Waals surface area contributed by atoms with E-state index in [1.165, 1.54) is 0 Å². The minimum absolute atomic E-state index is 0.301. The van der Waals surface area contributed by atoms with Gasteiger partial charge >= 0.3 is 0 Å². The van der Waals surface area contributed by atoms with Crippen molar-refractivity contribution in [1.82, 2.24) is 20.1 Å². The number of hydrogen-bond acceptors (Lipinski definition) is 4. The highest BCUT2D eigenvalue weighted by Gasteiger charge is 2.11. The third kappa shape index (κ3) is 3.60. The second kappa shape index (κ2) is 6.53. The molecule has 0 saturated carbocycles. The predicted octanol–water partition coefficient (Wildman–Crippen LogP) is 0.465. The molecule has 15 heavy (non-hydrogen) atoms. The molecule has 1 rings (SSSR count). The van der Waals surface area contributed by atoms with Crippen LogP contribution < -0.4 is 5.32 Å². The lowest BCUT2D eigenvalue weighted by Gasteiger charge is -2.14. The molecule has 5 heteroatoms. The molecule has 1 atom stereocenters. The van der Waals surface area contributed by atoms with Crippen LogP contribution in [0.2, 0.25) is 0 Å². The monoisotopic (exact) mass is 212 g/mol. The zero-order chi connectivity index (χ0) is 11.1. The van der Waals surface area contributed by atoms with Crippen LogP contribution in [0, 0.1) is 0 Å². The maximum absolute atomic E-state index is 5.12. The first-order valence-electron chi connectivity index (χ1n) is 5.34. The van der Waals surface area contributed by atoms with Crippen molar-refractivity contribution in [1.29, 1.82) is 0 Å². The number of nitrogens with zero attached hydrogens (tertiary/aromatic N) is 3. The second-order valence-corrected chi connectivity index (χ2v) is 3.54. The Hall–Kier alpha value is -0.940. The van der Waals surface area contributed by atoms with E-state index >= 15 is 0 Å². The lowest BCUT2D eigenvalue weighted by molar-refractivity contribution is 0.168. The van der Waals surface area contributed by atoms with Gasteiger partial charge in [-0.2, -0.15) is 5.10 Å². The van der Waals surface area contributed by atoms with Gasteiger partial charge in [-0.3, -0.25) is 4.68 Å². The molecule has 0 bridgehead atoms. The molecule has 0 spiro atoms. The van der Waals surface area contributed by atoms with Crippen LogP contribution in [-0.4, -0.2) is 41.6 Å². The number of hydrogen-bond donors (Lipinski definition) is 1. The average molecular weight is 212 g/mol. The summed E-state index contributed by atoms with van der Waals surface area (Å²) in [4.78, 5) is 4.26. The Morgan fingerprint density at radius 3 is 3.00 bits per heavy atom. The van der Waals surface area contributed by atoms with Crippen LogP contribution in [0.5, 0.6) is 0 Å². The molecular weight excluding hydrogens is 192 g/mol. The van der Waals surface area contributed by atoms with Gasteiger partial charge in [0, 0.05) is 26.1 Å². The maximum atomic E-state index is 5.12. The third-order valence-corrected chi connectivity index (χ3v) is 2.34. The fourth-order valence-electron chi connectivity index (χ4n) is 1.51. The summed E-state index contributed by atoms with van der Waals surface area (Å²) in [5, 5.41) is 7.39. The Labute approximate surface area is 90.8 Å².